The van der Waals surface area contributed by atoms with E-state index in [0.717, 1.165) is 111 Å². The minimum atomic E-state index is -0.159. The minimum absolute atomic E-state index is 0.0733. The molecule has 16 nitrogen and oxygen atoms in total. The van der Waals surface area contributed by atoms with Gasteiger partial charge in [-0.25, -0.2) is 0 Å². The van der Waals surface area contributed by atoms with Crippen molar-refractivity contribution in [3.8, 4) is 46.0 Å². The molecule has 0 saturated carbocycles. The van der Waals surface area contributed by atoms with Crippen molar-refractivity contribution in [3.05, 3.63) is 356 Å². The Hall–Kier alpha value is -11.9. The molecular formula is C98H100N8O8. The summed E-state index contributed by atoms with van der Waals surface area (Å²) in [6, 6.07) is 94.5. The van der Waals surface area contributed by atoms with Gasteiger partial charge in [0, 0.05) is 130 Å². The number of ether oxygens (including phenoxy) is 8. The zero-order chi connectivity index (χ0) is 77.5. The van der Waals surface area contributed by atoms with Crippen molar-refractivity contribution in [1.82, 2.24) is 20.4 Å². The van der Waals surface area contributed by atoms with Gasteiger partial charge in [0.25, 0.3) is 0 Å². The SMILES string of the molecule is CC(C)(c1ccc2c(c1)CN(c1ccccc1)CO2)c1ccc2c(c1)CN(c1ccccc1)CO2.CN1COc2ccc(C(C)(C)c3ccc4c(c3)CN(C)CO4)cc2C1.c1cc2c(cc1Cc1ccc3c(c1)CNCO3)CNCO2.c1ccc(N2COc3ccc(Cc4ccc5c(c4)CN(c4ccccc4)CO5)cc3C2)cc1. The third-order valence-electron chi connectivity index (χ3n) is 22.9. The fourth-order valence-corrected chi connectivity index (χ4v) is 16.3. The lowest BCUT2D eigenvalue weighted by atomic mass is 9.77. The van der Waals surface area contributed by atoms with E-state index in [4.69, 9.17) is 37.9 Å². The lowest BCUT2D eigenvalue weighted by Gasteiger charge is -2.34. The summed E-state index contributed by atoms with van der Waals surface area (Å²) in [4.78, 5) is 13.4. The van der Waals surface area contributed by atoms with Crippen molar-refractivity contribution in [2.24, 2.45) is 0 Å². The molecule has 114 heavy (non-hydrogen) atoms. The first-order valence-electron chi connectivity index (χ1n) is 39.7. The van der Waals surface area contributed by atoms with Gasteiger partial charge in [-0.2, -0.15) is 0 Å². The zero-order valence-electron chi connectivity index (χ0n) is 66.1. The second-order valence-corrected chi connectivity index (χ2v) is 31.9. The largest absolute Gasteiger partial charge is 0.478 e. The van der Waals surface area contributed by atoms with Crippen LogP contribution in [0.2, 0.25) is 0 Å². The molecule has 0 atom stereocenters. The summed E-state index contributed by atoms with van der Waals surface area (Å²) in [6.07, 6.45) is 1.82. The molecule has 0 amide bonds. The Kier molecular flexibility index (Phi) is 21.9. The van der Waals surface area contributed by atoms with Gasteiger partial charge in [0.2, 0.25) is 0 Å². The van der Waals surface area contributed by atoms with Gasteiger partial charge in [0.05, 0.1) is 0 Å². The first kappa shape index (κ1) is 74.8. The van der Waals surface area contributed by atoms with Gasteiger partial charge in [-0.05, 0) is 205 Å². The lowest BCUT2D eigenvalue weighted by molar-refractivity contribution is 0.121. The van der Waals surface area contributed by atoms with E-state index < -0.39 is 0 Å². The highest BCUT2D eigenvalue weighted by Gasteiger charge is 2.31. The van der Waals surface area contributed by atoms with Crippen molar-refractivity contribution in [2.75, 3.05) is 87.5 Å². The average molecular weight is 1520 g/mol. The van der Waals surface area contributed by atoms with Gasteiger partial charge < -0.3 is 57.5 Å². The Balaban J connectivity index is 0.000000112. The molecule has 20 rings (SSSR count). The van der Waals surface area contributed by atoms with Crippen LogP contribution in [0.5, 0.6) is 46.0 Å². The van der Waals surface area contributed by atoms with Crippen LogP contribution in [0.4, 0.5) is 22.7 Å². The number of nitrogens with one attached hydrogen (secondary N) is 2. The fraction of sp³-hybridized carbons (Fsp3) is 0.265. The van der Waals surface area contributed by atoms with Gasteiger partial charge in [-0.3, -0.25) is 20.4 Å². The molecule has 0 spiro atoms. The number of para-hydroxylation sites is 4. The second kappa shape index (κ2) is 33.4. The van der Waals surface area contributed by atoms with Crippen LogP contribution in [-0.2, 0) is 76.0 Å². The summed E-state index contributed by atoms with van der Waals surface area (Å²) >= 11 is 0. The van der Waals surface area contributed by atoms with E-state index >= 15 is 0 Å². The molecule has 2 N–H and O–H groups in total. The Labute approximate surface area is 670 Å². The third kappa shape index (κ3) is 17.0. The lowest BCUT2D eigenvalue weighted by Crippen LogP contribution is -2.32. The molecule has 0 radical (unpaired) electrons. The number of fused-ring (bicyclic) bond motifs is 8. The second-order valence-electron chi connectivity index (χ2n) is 31.9. The third-order valence-corrected chi connectivity index (χ3v) is 22.9. The van der Waals surface area contributed by atoms with Gasteiger partial charge in [-0.15, -0.1) is 0 Å². The van der Waals surface area contributed by atoms with E-state index in [1.54, 1.807) is 0 Å². The summed E-state index contributed by atoms with van der Waals surface area (Å²) < 4.78 is 47.0. The molecule has 580 valence electrons. The molecule has 0 aliphatic carbocycles. The van der Waals surface area contributed by atoms with Gasteiger partial charge >= 0.3 is 0 Å². The van der Waals surface area contributed by atoms with Gasteiger partial charge in [0.15, 0.2) is 26.9 Å². The molecule has 0 unspecified atom stereocenters. The molecule has 8 aliphatic heterocycles. The molecule has 0 bridgehead atoms. The summed E-state index contributed by atoms with van der Waals surface area (Å²) in [5, 5.41) is 6.45. The van der Waals surface area contributed by atoms with Crippen LogP contribution in [0.15, 0.2) is 267 Å². The highest BCUT2D eigenvalue weighted by Crippen LogP contribution is 2.42. The van der Waals surface area contributed by atoms with Crippen molar-refractivity contribution in [1.29, 1.82) is 0 Å². The van der Waals surface area contributed by atoms with Crippen molar-refractivity contribution < 1.29 is 37.9 Å². The maximum atomic E-state index is 6.10. The highest BCUT2D eigenvalue weighted by molar-refractivity contribution is 5.58. The van der Waals surface area contributed by atoms with Crippen LogP contribution in [-0.4, -0.2) is 77.7 Å². The molecule has 8 heterocycles. The molecule has 0 fully saturated rings. The summed E-state index contributed by atoms with van der Waals surface area (Å²) in [6.45, 7) is 21.0. The normalized spacial score (nSPS) is 15.8. The first-order chi connectivity index (χ1) is 55.7. The first-order valence-corrected chi connectivity index (χ1v) is 39.7. The van der Waals surface area contributed by atoms with Crippen LogP contribution in [0, 0.1) is 0 Å². The summed E-state index contributed by atoms with van der Waals surface area (Å²) in [5.41, 5.74) is 24.8. The minimum Gasteiger partial charge on any atom is -0.478 e. The quantitative estimate of drug-likeness (QED) is 0.121. The summed E-state index contributed by atoms with van der Waals surface area (Å²) in [5.74, 6) is 7.96. The maximum Gasteiger partial charge on any atom is 0.161 e. The molecule has 16 heteroatoms. The zero-order valence-corrected chi connectivity index (χ0v) is 66.1. The van der Waals surface area contributed by atoms with Crippen LogP contribution in [0.3, 0.4) is 0 Å². The predicted octanol–water partition coefficient (Wildman–Crippen LogP) is 18.4. The number of benzene rings is 12. The fourth-order valence-electron chi connectivity index (χ4n) is 16.3. The van der Waals surface area contributed by atoms with E-state index in [9.17, 15) is 0 Å². The van der Waals surface area contributed by atoms with E-state index in [-0.39, 0.29) is 10.8 Å². The Bertz CT molecular complexity index is 5030. The van der Waals surface area contributed by atoms with Gasteiger partial charge in [-0.1, -0.05) is 161 Å². The van der Waals surface area contributed by atoms with Crippen molar-refractivity contribution in [3.63, 3.8) is 0 Å². The Morgan fingerprint density at radius 3 is 0.781 bits per heavy atom. The molecule has 12 aromatic rings. The predicted molar refractivity (Wildman–Crippen MR) is 452 cm³/mol. The monoisotopic (exact) mass is 1520 g/mol. The molecule has 0 saturated heterocycles. The number of anilines is 4. The highest BCUT2D eigenvalue weighted by atomic mass is 16.5. The molecule has 0 aromatic heterocycles. The van der Waals surface area contributed by atoms with E-state index in [1.165, 1.54) is 112 Å². The van der Waals surface area contributed by atoms with E-state index in [1.807, 2.05) is 24.3 Å². The molecule has 12 aromatic carbocycles. The standard InChI is InChI=1S/C31H30N2O2.C29H26N2O2.C21H26N2O2.C17H18N2O2/c1-31(2,25-13-15-29-23(17-25)19-32(21-34-29)27-9-5-3-6-10-27)26-14-16-30-24(18-26)20-33(22-35-30)28-11-7-4-8-12-28;1-3-7-26(8-4-1)30-18-24-16-22(11-13-28(24)32-20-30)15-23-12-14-29-25(17-23)19-31(21-33-29)27-9-5-2-6-10-27;1-21(2,17-5-7-19-15(9-17)11-22(3)13-24-19)18-6-8-20-16(10-18)12-23(4)14-25-20;1-3-16-14(8-18-10-20-16)6-12(1)5-13-2-4-17-15(7-13)9-19-11-21-17/h3-18H,19-22H2,1-2H3;1-14,16-17H,15,18-21H2;5-10H,11-14H2,1-4H3;1-4,6-7,18-19H,5,8-11H2. The Morgan fingerprint density at radius 1 is 0.254 bits per heavy atom. The average Bonchev–Trinajstić information content (AvgIpc) is 0.766. The van der Waals surface area contributed by atoms with Crippen molar-refractivity contribution in [2.45, 2.75) is 104 Å². The molecule has 8 aliphatic rings. The number of hydrogen-bond acceptors (Lipinski definition) is 16. The van der Waals surface area contributed by atoms with E-state index in [2.05, 4.69) is 324 Å². The number of nitrogens with zero attached hydrogens (tertiary/aromatic N) is 6. The molecular weight excluding hydrogens is 1420 g/mol. The van der Waals surface area contributed by atoms with E-state index in [0.29, 0.717) is 53.8 Å². The Morgan fingerprint density at radius 2 is 0.491 bits per heavy atom. The number of hydrogen-bond donors (Lipinski definition) is 2. The number of rotatable bonds is 12. The smallest absolute Gasteiger partial charge is 0.161 e. The van der Waals surface area contributed by atoms with Crippen LogP contribution < -0.4 is 68.1 Å². The topological polar surface area (TPSA) is 117 Å². The maximum absolute atomic E-state index is 6.10. The van der Waals surface area contributed by atoms with Gasteiger partial charge in [0.1, 0.15) is 72.9 Å². The van der Waals surface area contributed by atoms with Crippen LogP contribution in [0.25, 0.3) is 0 Å². The van der Waals surface area contributed by atoms with Crippen LogP contribution in [0.1, 0.15) is 117 Å². The summed E-state index contributed by atoms with van der Waals surface area (Å²) in [7, 11) is 4.17. The van der Waals surface area contributed by atoms with Crippen LogP contribution >= 0.6 is 0 Å². The van der Waals surface area contributed by atoms with Crippen molar-refractivity contribution >= 4 is 22.7 Å².